The van der Waals surface area contributed by atoms with Crippen LogP contribution < -0.4 is 0 Å². The van der Waals surface area contributed by atoms with E-state index in [1.807, 2.05) is 0 Å². The van der Waals surface area contributed by atoms with E-state index >= 15 is 0 Å². The predicted molar refractivity (Wildman–Crippen MR) is 39.9 cm³/mol. The number of carbonyl (C=O) groups excluding carboxylic acids is 2. The van der Waals surface area contributed by atoms with Crippen molar-refractivity contribution in [2.45, 2.75) is 6.92 Å². The number of nitrogens with zero attached hydrogens (tertiary/aromatic N) is 1. The van der Waals surface area contributed by atoms with Gasteiger partial charge in [0.05, 0.1) is 11.8 Å². The van der Waals surface area contributed by atoms with E-state index in [-0.39, 0.29) is 36.2 Å². The summed E-state index contributed by atoms with van der Waals surface area (Å²) in [6.45, 7) is 2.21. The second-order valence-corrected chi connectivity index (χ2v) is 3.32. The number of hydrogen-bond acceptors (Lipinski definition) is 3. The third-order valence-electron chi connectivity index (χ3n) is 2.80. The molecule has 0 aromatic carbocycles. The number of amides is 2. The number of aliphatic hydroxyl groups excluding tert-OH is 1. The molecule has 1 N–H and O–H groups in total. The van der Waals surface area contributed by atoms with Gasteiger partial charge in [-0.2, -0.15) is 0 Å². The van der Waals surface area contributed by atoms with Crippen LogP contribution in [0.15, 0.2) is 0 Å². The largest absolute Gasteiger partial charge is 0.396 e. The van der Waals surface area contributed by atoms with Gasteiger partial charge in [-0.3, -0.25) is 14.5 Å². The Kier molecular flexibility index (Phi) is 1.48. The van der Waals surface area contributed by atoms with Crippen LogP contribution in [0.2, 0.25) is 0 Å². The molecular formula is C8H11NO3. The number of carbonyl (C=O) groups is 2. The molecule has 2 fully saturated rings. The van der Waals surface area contributed by atoms with Gasteiger partial charge in [0, 0.05) is 19.1 Å². The summed E-state index contributed by atoms with van der Waals surface area (Å²) in [7, 11) is 0. The molecule has 2 rings (SSSR count). The highest BCUT2D eigenvalue weighted by atomic mass is 16.3. The van der Waals surface area contributed by atoms with Gasteiger partial charge in [-0.1, -0.05) is 0 Å². The van der Waals surface area contributed by atoms with Gasteiger partial charge >= 0.3 is 0 Å². The summed E-state index contributed by atoms with van der Waals surface area (Å²) in [5, 5.41) is 8.78. The van der Waals surface area contributed by atoms with Crippen molar-refractivity contribution in [1.29, 1.82) is 0 Å². The molecule has 0 spiro atoms. The lowest BCUT2D eigenvalue weighted by Gasteiger charge is -2.14. The zero-order chi connectivity index (χ0) is 8.88. The Hall–Kier alpha value is -0.900. The first-order chi connectivity index (χ1) is 5.72. The summed E-state index contributed by atoms with van der Waals surface area (Å²) >= 11 is 0. The molecule has 1 aliphatic carbocycles. The van der Waals surface area contributed by atoms with E-state index in [0.29, 0.717) is 6.54 Å². The van der Waals surface area contributed by atoms with E-state index in [2.05, 4.69) is 0 Å². The van der Waals surface area contributed by atoms with Crippen molar-refractivity contribution < 1.29 is 14.7 Å². The molecular weight excluding hydrogens is 158 g/mol. The summed E-state index contributed by atoms with van der Waals surface area (Å²) < 4.78 is 0. The summed E-state index contributed by atoms with van der Waals surface area (Å²) in [6, 6.07) is 0. The molecule has 2 amide bonds. The van der Waals surface area contributed by atoms with Crippen LogP contribution >= 0.6 is 0 Å². The molecule has 1 heterocycles. The van der Waals surface area contributed by atoms with Gasteiger partial charge in [0.2, 0.25) is 11.8 Å². The first-order valence-electron chi connectivity index (χ1n) is 4.18. The zero-order valence-electron chi connectivity index (χ0n) is 6.86. The molecule has 0 aromatic rings. The summed E-state index contributed by atoms with van der Waals surface area (Å²) in [6.07, 6.45) is 0. The van der Waals surface area contributed by atoms with Crippen LogP contribution in [0.4, 0.5) is 0 Å². The summed E-state index contributed by atoms with van der Waals surface area (Å²) in [4.78, 5) is 24.0. The summed E-state index contributed by atoms with van der Waals surface area (Å²) in [5.74, 6) is -0.643. The van der Waals surface area contributed by atoms with E-state index in [0.717, 1.165) is 0 Å². The average Bonchev–Trinajstić information content (AvgIpc) is 2.72. The number of imide groups is 1. The van der Waals surface area contributed by atoms with Gasteiger partial charge < -0.3 is 5.11 Å². The lowest BCUT2D eigenvalue weighted by atomic mass is 10.2. The minimum absolute atomic E-state index is 0.0373. The third-order valence-corrected chi connectivity index (χ3v) is 2.80. The predicted octanol–water partition coefficient (Wildman–Crippen LogP) is -0.770. The Morgan fingerprint density at radius 2 is 1.83 bits per heavy atom. The fraction of sp³-hybridized carbons (Fsp3) is 0.750. The standard InChI is InChI=1S/C8H11NO3/c1-2-9-7(11)5-4(3-10)6(5)8(9)12/h4-6,10H,2-3H2,1H3. The van der Waals surface area contributed by atoms with Crippen molar-refractivity contribution in [2.24, 2.45) is 17.8 Å². The topological polar surface area (TPSA) is 57.6 Å². The van der Waals surface area contributed by atoms with Gasteiger partial charge in [-0.05, 0) is 6.92 Å². The van der Waals surface area contributed by atoms with E-state index < -0.39 is 0 Å². The molecule has 1 saturated heterocycles. The smallest absolute Gasteiger partial charge is 0.233 e. The van der Waals surface area contributed by atoms with Crippen LogP contribution in [0.5, 0.6) is 0 Å². The number of rotatable bonds is 2. The van der Waals surface area contributed by atoms with E-state index in [4.69, 9.17) is 5.11 Å². The highest BCUT2D eigenvalue weighted by Crippen LogP contribution is 2.52. The van der Waals surface area contributed by atoms with Crippen molar-refractivity contribution in [3.05, 3.63) is 0 Å². The Balaban J connectivity index is 2.16. The van der Waals surface area contributed by atoms with E-state index in [1.54, 1.807) is 6.92 Å². The highest BCUT2D eigenvalue weighted by molar-refractivity contribution is 6.09. The zero-order valence-corrected chi connectivity index (χ0v) is 6.86. The molecule has 1 saturated carbocycles. The molecule has 4 nitrogen and oxygen atoms in total. The molecule has 4 heteroatoms. The number of hydrogen-bond donors (Lipinski definition) is 1. The van der Waals surface area contributed by atoms with E-state index in [1.165, 1.54) is 4.90 Å². The highest BCUT2D eigenvalue weighted by Gasteiger charge is 2.66. The Morgan fingerprint density at radius 3 is 2.17 bits per heavy atom. The quantitative estimate of drug-likeness (QED) is 0.552. The fourth-order valence-electron chi connectivity index (χ4n) is 2.05. The molecule has 2 aliphatic rings. The Morgan fingerprint density at radius 1 is 1.33 bits per heavy atom. The average molecular weight is 169 g/mol. The maximum atomic E-state index is 11.4. The number of aliphatic hydroxyl groups is 1. The molecule has 2 atom stereocenters. The van der Waals surface area contributed by atoms with E-state index in [9.17, 15) is 9.59 Å². The normalized spacial score (nSPS) is 38.8. The van der Waals surface area contributed by atoms with Crippen molar-refractivity contribution in [3.63, 3.8) is 0 Å². The number of piperidine rings is 1. The van der Waals surface area contributed by atoms with Gasteiger partial charge in [0.15, 0.2) is 0 Å². The molecule has 2 unspecified atom stereocenters. The SMILES string of the molecule is CCN1C(=O)C2C(CO)C2C1=O. The number of likely N-dealkylation sites (tertiary alicyclic amines) is 1. The molecule has 0 aromatic heterocycles. The molecule has 1 aliphatic heterocycles. The Labute approximate surface area is 70.2 Å². The van der Waals surface area contributed by atoms with Gasteiger partial charge in [-0.15, -0.1) is 0 Å². The van der Waals surface area contributed by atoms with Gasteiger partial charge in [0.25, 0.3) is 0 Å². The fourth-order valence-corrected chi connectivity index (χ4v) is 2.05. The van der Waals surface area contributed by atoms with Crippen molar-refractivity contribution in [3.8, 4) is 0 Å². The first-order valence-corrected chi connectivity index (χ1v) is 4.18. The van der Waals surface area contributed by atoms with Gasteiger partial charge in [0.1, 0.15) is 0 Å². The van der Waals surface area contributed by atoms with Gasteiger partial charge in [-0.25, -0.2) is 0 Å². The van der Waals surface area contributed by atoms with Crippen LogP contribution in [0.1, 0.15) is 6.92 Å². The van der Waals surface area contributed by atoms with Crippen LogP contribution in [0, 0.1) is 17.8 Å². The van der Waals surface area contributed by atoms with Crippen LogP contribution in [0.3, 0.4) is 0 Å². The van der Waals surface area contributed by atoms with Crippen molar-refractivity contribution in [2.75, 3.05) is 13.2 Å². The molecule has 66 valence electrons. The second kappa shape index (κ2) is 2.29. The maximum Gasteiger partial charge on any atom is 0.233 e. The van der Waals surface area contributed by atoms with Crippen LogP contribution in [-0.2, 0) is 9.59 Å². The van der Waals surface area contributed by atoms with Crippen molar-refractivity contribution >= 4 is 11.8 Å². The lowest BCUT2D eigenvalue weighted by Crippen LogP contribution is -2.34. The lowest BCUT2D eigenvalue weighted by molar-refractivity contribution is -0.142. The third kappa shape index (κ3) is 0.705. The molecule has 0 bridgehead atoms. The minimum Gasteiger partial charge on any atom is -0.396 e. The Bertz CT molecular complexity index is 229. The van der Waals surface area contributed by atoms with Crippen LogP contribution in [-0.4, -0.2) is 35.0 Å². The molecule has 0 radical (unpaired) electrons. The second-order valence-electron chi connectivity index (χ2n) is 3.32. The minimum atomic E-state index is -0.192. The van der Waals surface area contributed by atoms with Crippen molar-refractivity contribution in [1.82, 2.24) is 4.90 Å². The number of fused-ring (bicyclic) bond motifs is 1. The maximum absolute atomic E-state index is 11.4. The molecule has 12 heavy (non-hydrogen) atoms. The first kappa shape index (κ1) is 7.73. The van der Waals surface area contributed by atoms with Crippen LogP contribution in [0.25, 0.3) is 0 Å². The monoisotopic (exact) mass is 169 g/mol. The summed E-state index contributed by atoms with van der Waals surface area (Å²) in [5.41, 5.74) is 0.